The molecule has 5 nitrogen and oxygen atoms in total. The summed E-state index contributed by atoms with van der Waals surface area (Å²) < 4.78 is 1.84. The fraction of sp³-hybridized carbons (Fsp3) is 0.300. The van der Waals surface area contributed by atoms with Crippen molar-refractivity contribution in [1.82, 2.24) is 20.4 Å². The molecule has 0 atom stereocenters. The monoisotopic (exact) mass is 368 g/mol. The zero-order valence-corrected chi connectivity index (χ0v) is 15.8. The molecule has 3 rings (SSSR count). The zero-order chi connectivity index (χ0) is 18.2. The number of amides is 1. The van der Waals surface area contributed by atoms with Crippen LogP contribution in [0.2, 0.25) is 0 Å². The molecule has 0 aliphatic rings. The Morgan fingerprint density at radius 2 is 1.96 bits per heavy atom. The van der Waals surface area contributed by atoms with Crippen molar-refractivity contribution in [3.8, 4) is 10.6 Å². The van der Waals surface area contributed by atoms with Crippen LogP contribution in [0.1, 0.15) is 29.3 Å². The van der Waals surface area contributed by atoms with Gasteiger partial charge in [0.05, 0.1) is 17.0 Å². The van der Waals surface area contributed by atoms with Crippen LogP contribution in [-0.4, -0.2) is 35.3 Å². The van der Waals surface area contributed by atoms with Gasteiger partial charge < -0.3 is 10.6 Å². The maximum absolute atomic E-state index is 12.7. The molecule has 1 amide bonds. The summed E-state index contributed by atoms with van der Waals surface area (Å²) in [6.07, 6.45) is 2.93. The molecule has 0 saturated heterocycles. The summed E-state index contributed by atoms with van der Waals surface area (Å²) in [5.74, 6) is -0.0778. The van der Waals surface area contributed by atoms with E-state index in [-0.39, 0.29) is 5.91 Å². The van der Waals surface area contributed by atoms with E-state index in [2.05, 4.69) is 34.8 Å². The first-order valence-electron chi connectivity index (χ1n) is 8.92. The first-order valence-corrected chi connectivity index (χ1v) is 9.80. The number of aromatic nitrogens is 2. The van der Waals surface area contributed by atoms with Crippen LogP contribution in [0.25, 0.3) is 10.6 Å². The van der Waals surface area contributed by atoms with E-state index in [0.29, 0.717) is 18.7 Å². The SMILES string of the molecule is CCCNCCNC(=O)c1cn(Cc2ccccc2)nc1-c1cccs1. The Balaban J connectivity index is 1.75. The summed E-state index contributed by atoms with van der Waals surface area (Å²) in [5.41, 5.74) is 2.53. The van der Waals surface area contributed by atoms with Crippen molar-refractivity contribution in [1.29, 1.82) is 0 Å². The van der Waals surface area contributed by atoms with E-state index in [1.807, 2.05) is 46.6 Å². The lowest BCUT2D eigenvalue weighted by molar-refractivity contribution is 0.0954. The molecule has 0 aliphatic heterocycles. The zero-order valence-electron chi connectivity index (χ0n) is 14.9. The molecule has 6 heteroatoms. The van der Waals surface area contributed by atoms with E-state index in [1.165, 1.54) is 0 Å². The molecule has 0 aliphatic carbocycles. The Bertz CT molecular complexity index is 812. The predicted molar refractivity (Wildman–Crippen MR) is 107 cm³/mol. The number of hydrogen-bond acceptors (Lipinski definition) is 4. The molecule has 0 saturated carbocycles. The van der Waals surface area contributed by atoms with Gasteiger partial charge >= 0.3 is 0 Å². The molecular formula is C20H24N4OS. The topological polar surface area (TPSA) is 58.9 Å². The van der Waals surface area contributed by atoms with Gasteiger partial charge in [-0.05, 0) is 30.0 Å². The minimum atomic E-state index is -0.0778. The Hall–Kier alpha value is -2.44. The predicted octanol–water partition coefficient (Wildman–Crippen LogP) is 3.39. The number of hydrogen-bond donors (Lipinski definition) is 2. The van der Waals surface area contributed by atoms with Gasteiger partial charge in [-0.25, -0.2) is 0 Å². The highest BCUT2D eigenvalue weighted by atomic mass is 32.1. The van der Waals surface area contributed by atoms with E-state index in [9.17, 15) is 4.79 Å². The molecule has 0 bridgehead atoms. The maximum atomic E-state index is 12.7. The summed E-state index contributed by atoms with van der Waals surface area (Å²) in [6.45, 7) is 5.11. The number of thiophene rings is 1. The van der Waals surface area contributed by atoms with Gasteiger partial charge in [-0.1, -0.05) is 43.3 Å². The first-order chi connectivity index (χ1) is 12.8. The Morgan fingerprint density at radius 1 is 1.12 bits per heavy atom. The lowest BCUT2D eigenvalue weighted by Gasteiger charge is -2.05. The van der Waals surface area contributed by atoms with Crippen LogP contribution in [0.15, 0.2) is 54.0 Å². The van der Waals surface area contributed by atoms with Crippen LogP contribution < -0.4 is 10.6 Å². The van der Waals surface area contributed by atoms with Gasteiger partial charge in [0, 0.05) is 19.3 Å². The third kappa shape index (κ3) is 4.80. The van der Waals surface area contributed by atoms with Crippen LogP contribution in [0.5, 0.6) is 0 Å². The third-order valence-corrected chi connectivity index (χ3v) is 4.84. The van der Waals surface area contributed by atoms with Gasteiger partial charge in [0.25, 0.3) is 5.91 Å². The maximum Gasteiger partial charge on any atom is 0.255 e. The Kier molecular flexibility index (Phi) is 6.57. The highest BCUT2D eigenvalue weighted by Crippen LogP contribution is 2.27. The second kappa shape index (κ2) is 9.31. The number of nitrogens with zero attached hydrogens (tertiary/aromatic N) is 2. The molecular weight excluding hydrogens is 344 g/mol. The molecule has 1 aromatic carbocycles. The molecule has 0 radical (unpaired) electrons. The largest absolute Gasteiger partial charge is 0.351 e. The van der Waals surface area contributed by atoms with Crippen molar-refractivity contribution >= 4 is 17.2 Å². The third-order valence-electron chi connectivity index (χ3n) is 3.96. The molecule has 0 spiro atoms. The second-order valence-electron chi connectivity index (χ2n) is 6.06. The summed E-state index contributed by atoms with van der Waals surface area (Å²) >= 11 is 1.59. The highest BCUT2D eigenvalue weighted by molar-refractivity contribution is 7.13. The average Bonchev–Trinajstić information content (AvgIpc) is 3.32. The number of carbonyl (C=O) groups excluding carboxylic acids is 1. The average molecular weight is 369 g/mol. The lowest BCUT2D eigenvalue weighted by atomic mass is 10.2. The van der Waals surface area contributed by atoms with Gasteiger partial charge in [-0.15, -0.1) is 11.3 Å². The van der Waals surface area contributed by atoms with Crippen molar-refractivity contribution in [2.24, 2.45) is 0 Å². The molecule has 26 heavy (non-hydrogen) atoms. The molecule has 2 aromatic heterocycles. The smallest absolute Gasteiger partial charge is 0.255 e. The van der Waals surface area contributed by atoms with Crippen LogP contribution in [-0.2, 0) is 6.54 Å². The van der Waals surface area contributed by atoms with Gasteiger partial charge in [0.2, 0.25) is 0 Å². The molecule has 0 fully saturated rings. The summed E-state index contributed by atoms with van der Waals surface area (Å²) in [6, 6.07) is 14.1. The van der Waals surface area contributed by atoms with E-state index >= 15 is 0 Å². The Labute approximate surface area is 158 Å². The Morgan fingerprint density at radius 3 is 2.69 bits per heavy atom. The van der Waals surface area contributed by atoms with Crippen LogP contribution >= 0.6 is 11.3 Å². The molecule has 2 N–H and O–H groups in total. The minimum absolute atomic E-state index is 0.0778. The number of carbonyl (C=O) groups is 1. The van der Waals surface area contributed by atoms with Crippen molar-refractivity contribution in [2.45, 2.75) is 19.9 Å². The minimum Gasteiger partial charge on any atom is -0.351 e. The van der Waals surface area contributed by atoms with Gasteiger partial charge in [-0.2, -0.15) is 5.10 Å². The van der Waals surface area contributed by atoms with Gasteiger partial charge in [0.1, 0.15) is 5.69 Å². The van der Waals surface area contributed by atoms with Crippen molar-refractivity contribution in [2.75, 3.05) is 19.6 Å². The van der Waals surface area contributed by atoms with E-state index in [4.69, 9.17) is 0 Å². The van der Waals surface area contributed by atoms with Crippen molar-refractivity contribution in [3.63, 3.8) is 0 Å². The quantitative estimate of drug-likeness (QED) is 0.569. The molecule has 136 valence electrons. The van der Waals surface area contributed by atoms with E-state index in [0.717, 1.165) is 35.6 Å². The standard InChI is InChI=1S/C20H24N4OS/c1-2-10-21-11-12-22-20(25)17-15-24(14-16-7-4-3-5-8-16)23-19(17)18-9-6-13-26-18/h3-9,13,15,21H,2,10-12,14H2,1H3,(H,22,25). The highest BCUT2D eigenvalue weighted by Gasteiger charge is 2.18. The summed E-state index contributed by atoms with van der Waals surface area (Å²) in [4.78, 5) is 13.7. The van der Waals surface area contributed by atoms with Crippen LogP contribution in [0.3, 0.4) is 0 Å². The van der Waals surface area contributed by atoms with Crippen molar-refractivity contribution < 1.29 is 4.79 Å². The first kappa shape index (κ1) is 18.4. The molecule has 0 unspecified atom stereocenters. The van der Waals surface area contributed by atoms with E-state index < -0.39 is 0 Å². The van der Waals surface area contributed by atoms with Crippen LogP contribution in [0.4, 0.5) is 0 Å². The summed E-state index contributed by atoms with van der Waals surface area (Å²) in [5, 5.41) is 13.0. The number of rotatable bonds is 9. The fourth-order valence-corrected chi connectivity index (χ4v) is 3.42. The number of benzene rings is 1. The van der Waals surface area contributed by atoms with Crippen molar-refractivity contribution in [3.05, 3.63) is 65.2 Å². The second-order valence-corrected chi connectivity index (χ2v) is 7.01. The lowest BCUT2D eigenvalue weighted by Crippen LogP contribution is -2.32. The summed E-state index contributed by atoms with van der Waals surface area (Å²) in [7, 11) is 0. The number of nitrogens with one attached hydrogen (secondary N) is 2. The van der Waals surface area contributed by atoms with E-state index in [1.54, 1.807) is 11.3 Å². The molecule has 2 heterocycles. The molecule has 3 aromatic rings. The van der Waals surface area contributed by atoms with Gasteiger partial charge in [0.15, 0.2) is 0 Å². The van der Waals surface area contributed by atoms with Crippen LogP contribution in [0, 0.1) is 0 Å². The fourth-order valence-electron chi connectivity index (χ4n) is 2.70. The normalized spacial score (nSPS) is 10.8. The van der Waals surface area contributed by atoms with Gasteiger partial charge in [-0.3, -0.25) is 9.48 Å².